The SMILES string of the molecule is C=CCCC(C(=O)NC)N(C)Cc1cc(CC)ccc1C=C. The Bertz CT molecular complexity index is 522. The second-order valence-electron chi connectivity index (χ2n) is 5.50. The molecular weight excluding hydrogens is 272 g/mol. The number of aryl methyl sites for hydroxylation is 1. The van der Waals surface area contributed by atoms with Crippen LogP contribution in [0.2, 0.25) is 0 Å². The highest BCUT2D eigenvalue weighted by molar-refractivity contribution is 5.81. The maximum Gasteiger partial charge on any atom is 0.237 e. The lowest BCUT2D eigenvalue weighted by Gasteiger charge is -2.27. The van der Waals surface area contributed by atoms with E-state index in [1.165, 1.54) is 11.1 Å². The summed E-state index contributed by atoms with van der Waals surface area (Å²) in [6, 6.07) is 6.30. The zero-order chi connectivity index (χ0) is 16.5. The largest absolute Gasteiger partial charge is 0.358 e. The van der Waals surface area contributed by atoms with Crippen molar-refractivity contribution in [3.05, 3.63) is 54.1 Å². The van der Waals surface area contributed by atoms with Gasteiger partial charge in [0, 0.05) is 13.6 Å². The zero-order valence-electron chi connectivity index (χ0n) is 14.1. The predicted octanol–water partition coefficient (Wildman–Crippen LogP) is 3.40. The van der Waals surface area contributed by atoms with Crippen molar-refractivity contribution in [3.8, 4) is 0 Å². The van der Waals surface area contributed by atoms with Crippen molar-refractivity contribution in [1.82, 2.24) is 10.2 Å². The van der Waals surface area contributed by atoms with Crippen LogP contribution in [0.3, 0.4) is 0 Å². The lowest BCUT2D eigenvalue weighted by atomic mass is 10.0. The fraction of sp³-hybridized carbons (Fsp3) is 0.421. The molecule has 0 radical (unpaired) electrons. The molecule has 1 aromatic rings. The molecule has 0 aliphatic rings. The van der Waals surface area contributed by atoms with Gasteiger partial charge in [-0.25, -0.2) is 0 Å². The Morgan fingerprint density at radius 1 is 1.41 bits per heavy atom. The number of likely N-dealkylation sites (N-methyl/N-ethyl adjacent to an activating group) is 2. The number of nitrogens with one attached hydrogen (secondary N) is 1. The summed E-state index contributed by atoms with van der Waals surface area (Å²) in [6.07, 6.45) is 6.34. The molecular formula is C19H28N2O. The van der Waals surface area contributed by atoms with E-state index in [-0.39, 0.29) is 11.9 Å². The quantitative estimate of drug-likeness (QED) is 0.709. The number of benzene rings is 1. The number of hydrogen-bond acceptors (Lipinski definition) is 2. The number of hydrogen-bond donors (Lipinski definition) is 1. The Morgan fingerprint density at radius 3 is 2.68 bits per heavy atom. The molecule has 1 atom stereocenters. The van der Waals surface area contributed by atoms with Crippen LogP contribution < -0.4 is 5.32 Å². The van der Waals surface area contributed by atoms with E-state index >= 15 is 0 Å². The van der Waals surface area contributed by atoms with Gasteiger partial charge >= 0.3 is 0 Å². The number of carbonyl (C=O) groups is 1. The Balaban J connectivity index is 2.96. The van der Waals surface area contributed by atoms with E-state index in [0.29, 0.717) is 0 Å². The highest BCUT2D eigenvalue weighted by Gasteiger charge is 2.22. The molecule has 1 N–H and O–H groups in total. The van der Waals surface area contributed by atoms with Crippen LogP contribution in [0.1, 0.15) is 36.5 Å². The minimum Gasteiger partial charge on any atom is -0.358 e. The molecule has 0 saturated heterocycles. The average molecular weight is 300 g/mol. The maximum atomic E-state index is 12.1. The normalized spacial score (nSPS) is 12.0. The molecule has 0 spiro atoms. The summed E-state index contributed by atoms with van der Waals surface area (Å²) in [7, 11) is 3.68. The summed E-state index contributed by atoms with van der Waals surface area (Å²) in [5.74, 6) is 0.0520. The molecule has 0 aromatic heterocycles. The van der Waals surface area contributed by atoms with Crippen LogP contribution in [0.5, 0.6) is 0 Å². The molecule has 0 bridgehead atoms. The first-order valence-electron chi connectivity index (χ1n) is 7.84. The van der Waals surface area contributed by atoms with Crippen molar-refractivity contribution in [2.45, 2.75) is 38.8 Å². The van der Waals surface area contributed by atoms with Crippen molar-refractivity contribution < 1.29 is 4.79 Å². The second kappa shape index (κ2) is 9.21. The monoisotopic (exact) mass is 300 g/mol. The summed E-state index contributed by atoms with van der Waals surface area (Å²) >= 11 is 0. The molecule has 0 saturated carbocycles. The van der Waals surface area contributed by atoms with Crippen LogP contribution in [-0.2, 0) is 17.8 Å². The van der Waals surface area contributed by atoms with Gasteiger partial charge in [0.05, 0.1) is 6.04 Å². The lowest BCUT2D eigenvalue weighted by Crippen LogP contribution is -2.43. The first-order valence-corrected chi connectivity index (χ1v) is 7.84. The van der Waals surface area contributed by atoms with Gasteiger partial charge in [0.2, 0.25) is 5.91 Å². The lowest BCUT2D eigenvalue weighted by molar-refractivity contribution is -0.125. The predicted molar refractivity (Wildman–Crippen MR) is 94.7 cm³/mol. The fourth-order valence-corrected chi connectivity index (χ4v) is 2.59. The third-order valence-electron chi connectivity index (χ3n) is 3.98. The zero-order valence-corrected chi connectivity index (χ0v) is 14.1. The van der Waals surface area contributed by atoms with Gasteiger partial charge in [-0.05, 0) is 43.0 Å². The topological polar surface area (TPSA) is 32.3 Å². The van der Waals surface area contributed by atoms with E-state index in [0.717, 1.165) is 31.4 Å². The van der Waals surface area contributed by atoms with Crippen molar-refractivity contribution in [3.63, 3.8) is 0 Å². The van der Waals surface area contributed by atoms with E-state index in [9.17, 15) is 4.79 Å². The van der Waals surface area contributed by atoms with E-state index in [2.05, 4.69) is 48.5 Å². The maximum absolute atomic E-state index is 12.1. The van der Waals surface area contributed by atoms with Crippen molar-refractivity contribution >= 4 is 12.0 Å². The van der Waals surface area contributed by atoms with Gasteiger partial charge in [-0.1, -0.05) is 43.9 Å². The highest BCUT2D eigenvalue weighted by atomic mass is 16.2. The van der Waals surface area contributed by atoms with Crippen LogP contribution in [-0.4, -0.2) is 30.9 Å². The van der Waals surface area contributed by atoms with Crippen LogP contribution in [0, 0.1) is 0 Å². The third kappa shape index (κ3) is 4.85. The van der Waals surface area contributed by atoms with Gasteiger partial charge in [0.1, 0.15) is 0 Å². The van der Waals surface area contributed by atoms with Crippen LogP contribution in [0.25, 0.3) is 6.08 Å². The second-order valence-corrected chi connectivity index (χ2v) is 5.50. The molecule has 1 rings (SSSR count). The molecule has 0 aliphatic carbocycles. The molecule has 1 amide bonds. The number of allylic oxidation sites excluding steroid dienone is 1. The number of rotatable bonds is 9. The van der Waals surface area contributed by atoms with E-state index in [1.54, 1.807) is 7.05 Å². The third-order valence-corrected chi connectivity index (χ3v) is 3.98. The molecule has 120 valence electrons. The van der Waals surface area contributed by atoms with Gasteiger partial charge < -0.3 is 5.32 Å². The minimum absolute atomic E-state index is 0.0520. The summed E-state index contributed by atoms with van der Waals surface area (Å²) in [5, 5.41) is 2.76. The molecule has 22 heavy (non-hydrogen) atoms. The van der Waals surface area contributed by atoms with E-state index in [1.807, 2.05) is 19.2 Å². The number of carbonyl (C=O) groups excluding carboxylic acids is 1. The molecule has 1 aromatic carbocycles. The van der Waals surface area contributed by atoms with Gasteiger partial charge in [0.15, 0.2) is 0 Å². The summed E-state index contributed by atoms with van der Waals surface area (Å²) in [5.41, 5.74) is 3.64. The number of amides is 1. The number of nitrogens with zero attached hydrogens (tertiary/aromatic N) is 1. The van der Waals surface area contributed by atoms with E-state index in [4.69, 9.17) is 0 Å². The van der Waals surface area contributed by atoms with Gasteiger partial charge in [-0.3, -0.25) is 9.69 Å². The molecule has 0 heterocycles. The van der Waals surface area contributed by atoms with Crippen LogP contribution in [0.15, 0.2) is 37.4 Å². The van der Waals surface area contributed by atoms with Crippen molar-refractivity contribution in [2.24, 2.45) is 0 Å². The summed E-state index contributed by atoms with van der Waals surface area (Å²) < 4.78 is 0. The summed E-state index contributed by atoms with van der Waals surface area (Å²) in [6.45, 7) is 10.5. The van der Waals surface area contributed by atoms with Crippen LogP contribution >= 0.6 is 0 Å². The Morgan fingerprint density at radius 2 is 2.14 bits per heavy atom. The van der Waals surface area contributed by atoms with Gasteiger partial charge in [0.25, 0.3) is 0 Å². The molecule has 1 unspecified atom stereocenters. The van der Waals surface area contributed by atoms with Gasteiger partial charge in [-0.15, -0.1) is 6.58 Å². The first-order chi connectivity index (χ1) is 10.6. The first kappa shape index (κ1) is 18.2. The molecule has 3 nitrogen and oxygen atoms in total. The molecule has 0 fully saturated rings. The van der Waals surface area contributed by atoms with E-state index < -0.39 is 0 Å². The summed E-state index contributed by atoms with van der Waals surface area (Å²) in [4.78, 5) is 14.2. The van der Waals surface area contributed by atoms with Gasteiger partial charge in [-0.2, -0.15) is 0 Å². The Kier molecular flexibility index (Phi) is 7.61. The Hall–Kier alpha value is -1.87. The Labute approximate surface area is 134 Å². The minimum atomic E-state index is -0.147. The highest BCUT2D eigenvalue weighted by Crippen LogP contribution is 2.18. The van der Waals surface area contributed by atoms with Crippen molar-refractivity contribution in [2.75, 3.05) is 14.1 Å². The standard InChI is InChI=1S/C19H28N2O/c1-6-9-10-18(19(22)20-4)21(5)14-17-13-15(7-2)11-12-16(17)8-3/h6,8,11-13,18H,1,3,7,9-10,14H2,2,4-5H3,(H,20,22). The fourth-order valence-electron chi connectivity index (χ4n) is 2.59. The smallest absolute Gasteiger partial charge is 0.237 e. The van der Waals surface area contributed by atoms with Crippen molar-refractivity contribution in [1.29, 1.82) is 0 Å². The average Bonchev–Trinajstić information content (AvgIpc) is 2.54. The molecule has 3 heteroatoms. The molecule has 0 aliphatic heterocycles. The van der Waals surface area contributed by atoms with Crippen LogP contribution in [0.4, 0.5) is 0 Å².